The van der Waals surface area contributed by atoms with Gasteiger partial charge in [-0.25, -0.2) is 4.98 Å². The molecular formula is C18H18BrN3O2. The Bertz CT molecular complexity index is 807. The molecule has 1 aliphatic heterocycles. The molecule has 1 aromatic carbocycles. The smallest absolute Gasteiger partial charge is 0.230 e. The minimum absolute atomic E-state index is 0.0328. The number of hydrogen-bond acceptors (Lipinski definition) is 3. The van der Waals surface area contributed by atoms with Gasteiger partial charge in [0.1, 0.15) is 5.82 Å². The molecular weight excluding hydrogens is 370 g/mol. The first-order valence-corrected chi connectivity index (χ1v) is 8.54. The minimum atomic E-state index is -0.372. The molecule has 0 bridgehead atoms. The van der Waals surface area contributed by atoms with Crippen LogP contribution in [0, 0.1) is 19.8 Å². The quantitative estimate of drug-likeness (QED) is 0.876. The Morgan fingerprint density at radius 2 is 2.08 bits per heavy atom. The Kier molecular flexibility index (Phi) is 4.66. The van der Waals surface area contributed by atoms with Crippen molar-refractivity contribution >= 4 is 39.2 Å². The normalized spacial score (nSPS) is 17.2. The number of hydrogen-bond donors (Lipinski definition) is 1. The van der Waals surface area contributed by atoms with Crippen molar-refractivity contribution in [2.24, 2.45) is 5.92 Å². The van der Waals surface area contributed by atoms with E-state index in [2.05, 4.69) is 26.2 Å². The first-order valence-electron chi connectivity index (χ1n) is 7.74. The summed E-state index contributed by atoms with van der Waals surface area (Å²) in [5.74, 6) is -0.0214. The topological polar surface area (TPSA) is 62.3 Å². The van der Waals surface area contributed by atoms with Crippen LogP contribution in [0.1, 0.15) is 17.5 Å². The van der Waals surface area contributed by atoms with Crippen molar-refractivity contribution in [3.05, 3.63) is 52.1 Å². The molecule has 2 aromatic rings. The monoisotopic (exact) mass is 387 g/mol. The molecule has 124 valence electrons. The van der Waals surface area contributed by atoms with E-state index in [-0.39, 0.29) is 24.2 Å². The lowest BCUT2D eigenvalue weighted by Crippen LogP contribution is -2.28. The Labute approximate surface area is 149 Å². The third-order valence-corrected chi connectivity index (χ3v) is 5.09. The zero-order chi connectivity index (χ0) is 17.3. The summed E-state index contributed by atoms with van der Waals surface area (Å²) in [6.45, 7) is 4.25. The molecule has 3 rings (SSSR count). The van der Waals surface area contributed by atoms with E-state index in [1.807, 2.05) is 44.2 Å². The highest BCUT2D eigenvalue weighted by Crippen LogP contribution is 2.29. The number of nitrogens with one attached hydrogen (secondary N) is 1. The molecule has 1 aliphatic rings. The summed E-state index contributed by atoms with van der Waals surface area (Å²) in [6, 6.07) is 9.47. The third kappa shape index (κ3) is 3.33. The first kappa shape index (κ1) is 16.6. The van der Waals surface area contributed by atoms with E-state index >= 15 is 0 Å². The second-order valence-corrected chi connectivity index (χ2v) is 6.85. The Morgan fingerprint density at radius 3 is 2.79 bits per heavy atom. The van der Waals surface area contributed by atoms with Crippen LogP contribution in [0.5, 0.6) is 0 Å². The highest BCUT2D eigenvalue weighted by atomic mass is 79.9. The summed E-state index contributed by atoms with van der Waals surface area (Å²) in [7, 11) is 0. The SMILES string of the molecule is Cc1cc(N2C[C@@H](C(=O)Nc3ncccc3C)CC2=O)ccc1Br. The fourth-order valence-corrected chi connectivity index (χ4v) is 3.01. The molecule has 0 radical (unpaired) electrons. The fourth-order valence-electron chi connectivity index (χ4n) is 2.76. The average molecular weight is 388 g/mol. The number of nitrogens with zero attached hydrogens (tertiary/aromatic N) is 2. The van der Waals surface area contributed by atoms with E-state index < -0.39 is 0 Å². The molecule has 1 fully saturated rings. The van der Waals surface area contributed by atoms with Gasteiger partial charge in [-0.3, -0.25) is 9.59 Å². The highest BCUT2D eigenvalue weighted by Gasteiger charge is 2.35. The molecule has 0 unspecified atom stereocenters. The second-order valence-electron chi connectivity index (χ2n) is 6.00. The van der Waals surface area contributed by atoms with Crippen LogP contribution in [0.3, 0.4) is 0 Å². The molecule has 2 amide bonds. The van der Waals surface area contributed by atoms with E-state index in [1.54, 1.807) is 11.1 Å². The number of carbonyl (C=O) groups is 2. The Balaban J connectivity index is 1.73. The molecule has 0 saturated carbocycles. The molecule has 1 saturated heterocycles. The van der Waals surface area contributed by atoms with Gasteiger partial charge in [-0.2, -0.15) is 0 Å². The van der Waals surface area contributed by atoms with Crippen molar-refractivity contribution in [3.63, 3.8) is 0 Å². The maximum atomic E-state index is 12.5. The van der Waals surface area contributed by atoms with Gasteiger partial charge in [-0.05, 0) is 49.2 Å². The molecule has 2 heterocycles. The predicted octanol–water partition coefficient (Wildman–Crippen LogP) is 3.45. The first-order chi connectivity index (χ1) is 11.5. The molecule has 1 atom stereocenters. The number of pyridine rings is 1. The van der Waals surface area contributed by atoms with E-state index in [9.17, 15) is 9.59 Å². The largest absolute Gasteiger partial charge is 0.312 e. The molecule has 1 aromatic heterocycles. The van der Waals surface area contributed by atoms with Gasteiger partial charge in [0.25, 0.3) is 0 Å². The molecule has 0 aliphatic carbocycles. The zero-order valence-corrected chi connectivity index (χ0v) is 15.1. The predicted molar refractivity (Wildman–Crippen MR) is 96.9 cm³/mol. The van der Waals surface area contributed by atoms with E-state index in [1.165, 1.54) is 0 Å². The summed E-state index contributed by atoms with van der Waals surface area (Å²) in [5, 5.41) is 2.83. The van der Waals surface area contributed by atoms with E-state index in [0.717, 1.165) is 21.3 Å². The number of amides is 2. The summed E-state index contributed by atoms with van der Waals surface area (Å²) < 4.78 is 0.998. The molecule has 6 heteroatoms. The number of aromatic nitrogens is 1. The van der Waals surface area contributed by atoms with Gasteiger partial charge in [-0.1, -0.05) is 22.0 Å². The lowest BCUT2D eigenvalue weighted by atomic mass is 10.1. The van der Waals surface area contributed by atoms with Crippen molar-refractivity contribution in [3.8, 4) is 0 Å². The highest BCUT2D eigenvalue weighted by molar-refractivity contribution is 9.10. The van der Waals surface area contributed by atoms with Gasteiger partial charge in [0.05, 0.1) is 5.92 Å². The number of rotatable bonds is 3. The number of aryl methyl sites for hydroxylation is 2. The maximum Gasteiger partial charge on any atom is 0.230 e. The minimum Gasteiger partial charge on any atom is -0.312 e. The van der Waals surface area contributed by atoms with Crippen LogP contribution in [-0.2, 0) is 9.59 Å². The summed E-state index contributed by atoms with van der Waals surface area (Å²) in [5.41, 5.74) is 2.78. The van der Waals surface area contributed by atoms with Crippen molar-refractivity contribution in [1.29, 1.82) is 0 Å². The van der Waals surface area contributed by atoms with Gasteiger partial charge in [0.15, 0.2) is 0 Å². The van der Waals surface area contributed by atoms with Crippen LogP contribution in [0.2, 0.25) is 0 Å². The Morgan fingerprint density at radius 1 is 1.29 bits per heavy atom. The average Bonchev–Trinajstić information content (AvgIpc) is 2.94. The molecule has 24 heavy (non-hydrogen) atoms. The van der Waals surface area contributed by atoms with Crippen molar-refractivity contribution < 1.29 is 9.59 Å². The summed E-state index contributed by atoms with van der Waals surface area (Å²) in [6.07, 6.45) is 1.85. The van der Waals surface area contributed by atoms with Gasteiger partial charge in [0.2, 0.25) is 11.8 Å². The number of anilines is 2. The lowest BCUT2D eigenvalue weighted by Gasteiger charge is -2.18. The van der Waals surface area contributed by atoms with Crippen LogP contribution in [0.25, 0.3) is 0 Å². The van der Waals surface area contributed by atoms with Crippen molar-refractivity contribution in [2.75, 3.05) is 16.8 Å². The lowest BCUT2D eigenvalue weighted by molar-refractivity contribution is -0.122. The molecule has 1 N–H and O–H groups in total. The van der Waals surface area contributed by atoms with Crippen LogP contribution in [0.4, 0.5) is 11.5 Å². The van der Waals surface area contributed by atoms with E-state index in [4.69, 9.17) is 0 Å². The van der Waals surface area contributed by atoms with E-state index in [0.29, 0.717) is 12.4 Å². The maximum absolute atomic E-state index is 12.5. The molecule has 0 spiro atoms. The zero-order valence-electron chi connectivity index (χ0n) is 13.5. The van der Waals surface area contributed by atoms with Gasteiger partial charge < -0.3 is 10.2 Å². The van der Waals surface area contributed by atoms with Crippen LogP contribution in [-0.4, -0.2) is 23.3 Å². The standard InChI is InChI=1S/C18H18BrN3O2/c1-11-4-3-7-20-17(11)21-18(24)13-9-16(23)22(10-13)14-5-6-15(19)12(2)8-14/h3-8,13H,9-10H2,1-2H3,(H,20,21,24)/t13-/m0/s1. The third-order valence-electron chi connectivity index (χ3n) is 4.20. The van der Waals surface area contributed by atoms with Crippen LogP contribution in [0.15, 0.2) is 41.0 Å². The summed E-state index contributed by atoms with van der Waals surface area (Å²) in [4.78, 5) is 30.6. The van der Waals surface area contributed by atoms with Crippen molar-refractivity contribution in [1.82, 2.24) is 4.98 Å². The summed E-state index contributed by atoms with van der Waals surface area (Å²) >= 11 is 3.46. The second kappa shape index (κ2) is 6.73. The number of halogens is 1. The fraction of sp³-hybridized carbons (Fsp3) is 0.278. The Hall–Kier alpha value is -2.21. The number of carbonyl (C=O) groups excluding carboxylic acids is 2. The number of benzene rings is 1. The van der Waals surface area contributed by atoms with Gasteiger partial charge >= 0.3 is 0 Å². The van der Waals surface area contributed by atoms with Gasteiger partial charge in [0, 0.05) is 29.3 Å². The van der Waals surface area contributed by atoms with Crippen LogP contribution >= 0.6 is 15.9 Å². The van der Waals surface area contributed by atoms with Gasteiger partial charge in [-0.15, -0.1) is 0 Å². The van der Waals surface area contributed by atoms with Crippen molar-refractivity contribution in [2.45, 2.75) is 20.3 Å². The molecule has 5 nitrogen and oxygen atoms in total. The van der Waals surface area contributed by atoms with Crippen LogP contribution < -0.4 is 10.2 Å².